The van der Waals surface area contributed by atoms with Crippen LogP contribution in [0.5, 0.6) is 0 Å². The molecule has 120 valence electrons. The van der Waals surface area contributed by atoms with E-state index in [4.69, 9.17) is 14.3 Å². The predicted octanol–water partition coefficient (Wildman–Crippen LogP) is 3.55. The summed E-state index contributed by atoms with van der Waals surface area (Å²) >= 11 is 0. The highest BCUT2D eigenvalue weighted by molar-refractivity contribution is 5.89. The van der Waals surface area contributed by atoms with Crippen LogP contribution in [-0.2, 0) is 20.9 Å². The minimum atomic E-state index is 0.151. The number of rotatable bonds is 7. The molecule has 0 radical (unpaired) electrons. The molecule has 22 heavy (non-hydrogen) atoms. The molecule has 1 aromatic carbocycles. The van der Waals surface area contributed by atoms with E-state index >= 15 is 0 Å². The van der Waals surface area contributed by atoms with E-state index in [1.165, 1.54) is 18.4 Å². The molecule has 2 heterocycles. The van der Waals surface area contributed by atoms with E-state index in [0.29, 0.717) is 25.7 Å². The Kier molecular flexibility index (Phi) is 5.46. The first-order valence-electron chi connectivity index (χ1n) is 8.32. The molecule has 0 aliphatic carbocycles. The van der Waals surface area contributed by atoms with Crippen LogP contribution in [0, 0.1) is 5.92 Å². The number of benzene rings is 1. The molecule has 3 atom stereocenters. The lowest BCUT2D eigenvalue weighted by Crippen LogP contribution is -2.39. The summed E-state index contributed by atoms with van der Waals surface area (Å²) in [6.45, 7) is 4.08. The van der Waals surface area contributed by atoms with Crippen molar-refractivity contribution in [3.05, 3.63) is 35.9 Å². The smallest absolute Gasteiger partial charge is 0.135 e. The van der Waals surface area contributed by atoms with Gasteiger partial charge >= 0.3 is 0 Å². The van der Waals surface area contributed by atoms with Gasteiger partial charge < -0.3 is 14.3 Å². The number of hydrogen-bond donors (Lipinski definition) is 0. The normalized spacial score (nSPS) is 27.1. The molecular weight excluding hydrogens is 278 g/mol. The van der Waals surface area contributed by atoms with Gasteiger partial charge in [0.1, 0.15) is 6.10 Å². The molecule has 0 saturated carbocycles. The molecule has 0 spiro atoms. The van der Waals surface area contributed by atoms with Crippen LogP contribution in [0.15, 0.2) is 35.5 Å². The van der Waals surface area contributed by atoms with Crippen molar-refractivity contribution in [3.63, 3.8) is 0 Å². The van der Waals surface area contributed by atoms with E-state index in [-0.39, 0.29) is 12.2 Å². The molecule has 2 aliphatic heterocycles. The lowest BCUT2D eigenvalue weighted by molar-refractivity contribution is -0.0365. The number of ether oxygens (including phenoxy) is 2. The highest BCUT2D eigenvalue weighted by Gasteiger charge is 2.39. The minimum Gasteiger partial charge on any atom is -0.392 e. The first-order valence-corrected chi connectivity index (χ1v) is 8.32. The van der Waals surface area contributed by atoms with Gasteiger partial charge in [0.05, 0.1) is 31.6 Å². The monoisotopic (exact) mass is 303 g/mol. The number of oxime groups is 1. The fraction of sp³-hybridized carbons (Fsp3) is 0.611. The van der Waals surface area contributed by atoms with Gasteiger partial charge in [-0.3, -0.25) is 0 Å². The second kappa shape index (κ2) is 7.75. The standard InChI is InChI=1S/C18H25NO3/c1-2-3-9-18-16-10-15(21-13-17(16)19-22-18)12-20-11-14-7-5-4-6-8-14/h4-8,15-16,18H,2-3,9-13H2,1H3/t15-,16?,18-/m1/s1. The van der Waals surface area contributed by atoms with Gasteiger partial charge in [-0.2, -0.15) is 0 Å². The molecule has 0 bridgehead atoms. The van der Waals surface area contributed by atoms with Crippen molar-refractivity contribution in [1.82, 2.24) is 0 Å². The van der Waals surface area contributed by atoms with Gasteiger partial charge in [-0.25, -0.2) is 0 Å². The van der Waals surface area contributed by atoms with Gasteiger partial charge in [0, 0.05) is 5.92 Å². The zero-order chi connectivity index (χ0) is 15.2. The molecule has 1 unspecified atom stereocenters. The summed E-state index contributed by atoms with van der Waals surface area (Å²) in [6, 6.07) is 10.3. The predicted molar refractivity (Wildman–Crippen MR) is 85.8 cm³/mol. The summed E-state index contributed by atoms with van der Waals surface area (Å²) in [5.74, 6) is 0.422. The summed E-state index contributed by atoms with van der Waals surface area (Å²) in [5, 5.41) is 4.21. The van der Waals surface area contributed by atoms with E-state index in [2.05, 4.69) is 24.2 Å². The van der Waals surface area contributed by atoms with Crippen LogP contribution in [0.4, 0.5) is 0 Å². The van der Waals surface area contributed by atoms with Crippen LogP contribution < -0.4 is 0 Å². The van der Waals surface area contributed by atoms with Gasteiger partial charge in [0.25, 0.3) is 0 Å². The minimum absolute atomic E-state index is 0.151. The first-order chi connectivity index (χ1) is 10.9. The molecule has 4 nitrogen and oxygen atoms in total. The Balaban J connectivity index is 1.44. The maximum Gasteiger partial charge on any atom is 0.135 e. The largest absolute Gasteiger partial charge is 0.392 e. The van der Waals surface area contributed by atoms with Crippen LogP contribution in [-0.4, -0.2) is 31.1 Å². The van der Waals surface area contributed by atoms with Crippen LogP contribution in [0.2, 0.25) is 0 Å². The number of unbranched alkanes of at least 4 members (excludes halogenated alkanes) is 1. The number of fused-ring (bicyclic) bond motifs is 1. The second-order valence-corrected chi connectivity index (χ2v) is 6.14. The van der Waals surface area contributed by atoms with Gasteiger partial charge in [-0.15, -0.1) is 0 Å². The van der Waals surface area contributed by atoms with Gasteiger partial charge in [-0.05, 0) is 24.8 Å². The Morgan fingerprint density at radius 2 is 2.14 bits per heavy atom. The van der Waals surface area contributed by atoms with Crippen LogP contribution >= 0.6 is 0 Å². The summed E-state index contributed by atoms with van der Waals surface area (Å²) in [6.07, 6.45) is 4.84. The molecule has 3 rings (SSSR count). The highest BCUT2D eigenvalue weighted by atomic mass is 16.6. The van der Waals surface area contributed by atoms with E-state index in [9.17, 15) is 0 Å². The van der Waals surface area contributed by atoms with E-state index in [1.807, 2.05) is 18.2 Å². The quantitative estimate of drug-likeness (QED) is 0.773. The SMILES string of the molecule is CCCC[C@H]1ON=C2CO[C@@H](COCc3ccccc3)CC21. The lowest BCUT2D eigenvalue weighted by Gasteiger charge is -2.29. The molecular formula is C18H25NO3. The summed E-state index contributed by atoms with van der Waals surface area (Å²) in [4.78, 5) is 5.59. The van der Waals surface area contributed by atoms with Crippen LogP contribution in [0.3, 0.4) is 0 Å². The van der Waals surface area contributed by atoms with Crippen LogP contribution in [0.1, 0.15) is 38.2 Å². The molecule has 2 aliphatic rings. The van der Waals surface area contributed by atoms with E-state index < -0.39 is 0 Å². The Morgan fingerprint density at radius 3 is 2.95 bits per heavy atom. The average Bonchev–Trinajstić information content (AvgIpc) is 2.96. The Labute approximate surface area is 132 Å². The maximum atomic E-state index is 5.85. The fourth-order valence-corrected chi connectivity index (χ4v) is 3.12. The van der Waals surface area contributed by atoms with Crippen molar-refractivity contribution in [1.29, 1.82) is 0 Å². The second-order valence-electron chi connectivity index (χ2n) is 6.14. The van der Waals surface area contributed by atoms with Crippen molar-refractivity contribution < 1.29 is 14.3 Å². The van der Waals surface area contributed by atoms with Gasteiger partial charge in [-0.1, -0.05) is 48.8 Å². The van der Waals surface area contributed by atoms with Crippen molar-refractivity contribution in [2.45, 2.75) is 51.4 Å². The topological polar surface area (TPSA) is 40.0 Å². The third-order valence-corrected chi connectivity index (χ3v) is 4.42. The average molecular weight is 303 g/mol. The van der Waals surface area contributed by atoms with Crippen LogP contribution in [0.25, 0.3) is 0 Å². The van der Waals surface area contributed by atoms with Crippen molar-refractivity contribution in [2.24, 2.45) is 11.1 Å². The molecule has 0 amide bonds. The Bertz CT molecular complexity index is 488. The Morgan fingerprint density at radius 1 is 1.27 bits per heavy atom. The van der Waals surface area contributed by atoms with Gasteiger partial charge in [0.15, 0.2) is 0 Å². The molecule has 0 aromatic heterocycles. The summed E-state index contributed by atoms with van der Waals surface area (Å²) in [7, 11) is 0. The maximum absolute atomic E-state index is 5.85. The third-order valence-electron chi connectivity index (χ3n) is 4.42. The number of hydrogen-bond acceptors (Lipinski definition) is 4. The first kappa shape index (κ1) is 15.5. The third kappa shape index (κ3) is 3.87. The number of nitrogens with zero attached hydrogens (tertiary/aromatic N) is 1. The highest BCUT2D eigenvalue weighted by Crippen LogP contribution is 2.31. The Hall–Kier alpha value is -1.39. The molecule has 0 N–H and O–H groups in total. The molecule has 1 saturated heterocycles. The fourth-order valence-electron chi connectivity index (χ4n) is 3.12. The van der Waals surface area contributed by atoms with E-state index in [0.717, 1.165) is 18.6 Å². The lowest BCUT2D eigenvalue weighted by atomic mass is 9.87. The van der Waals surface area contributed by atoms with Crippen molar-refractivity contribution in [3.8, 4) is 0 Å². The van der Waals surface area contributed by atoms with Crippen molar-refractivity contribution >= 4 is 5.71 Å². The zero-order valence-corrected chi connectivity index (χ0v) is 13.2. The van der Waals surface area contributed by atoms with Crippen molar-refractivity contribution in [2.75, 3.05) is 13.2 Å². The molecule has 1 aromatic rings. The summed E-state index contributed by atoms with van der Waals surface area (Å²) in [5.41, 5.74) is 2.28. The summed E-state index contributed by atoms with van der Waals surface area (Å²) < 4.78 is 11.7. The van der Waals surface area contributed by atoms with E-state index in [1.54, 1.807) is 0 Å². The molecule has 1 fully saturated rings. The molecule has 4 heteroatoms. The van der Waals surface area contributed by atoms with Gasteiger partial charge in [0.2, 0.25) is 0 Å². The zero-order valence-electron chi connectivity index (χ0n) is 13.2.